The van der Waals surface area contributed by atoms with Gasteiger partial charge in [0.15, 0.2) is 23.0 Å². The van der Waals surface area contributed by atoms with Crippen LogP contribution in [-0.4, -0.2) is 92.1 Å². The van der Waals surface area contributed by atoms with Crippen molar-refractivity contribution in [2.24, 2.45) is 9.98 Å². The number of amides is 2. The quantitative estimate of drug-likeness (QED) is 0.349. The summed E-state index contributed by atoms with van der Waals surface area (Å²) in [5.74, 6) is 1.03. The maximum absolute atomic E-state index is 12.7. The summed E-state index contributed by atoms with van der Waals surface area (Å²) in [6.45, 7) is 1.88. The van der Waals surface area contributed by atoms with Gasteiger partial charge < -0.3 is 38.6 Å². The molecule has 2 amide bonds. The number of benzene rings is 3. The third kappa shape index (κ3) is 7.66. The number of allylic oxidation sites excluding steroid dienone is 4. The van der Waals surface area contributed by atoms with Crippen LogP contribution in [0, 0.1) is 0 Å². The van der Waals surface area contributed by atoms with Crippen molar-refractivity contribution in [3.05, 3.63) is 95.6 Å². The molecule has 4 heterocycles. The highest BCUT2D eigenvalue weighted by molar-refractivity contribution is 6.04. The van der Waals surface area contributed by atoms with E-state index in [-0.39, 0.29) is 48.9 Å². The number of methoxy groups -OCH3 is 2. The van der Waals surface area contributed by atoms with E-state index in [2.05, 4.69) is 34.3 Å². The van der Waals surface area contributed by atoms with E-state index in [1.165, 1.54) is 19.2 Å². The second-order valence-corrected chi connectivity index (χ2v) is 11.5. The molecule has 0 bridgehead atoms. The van der Waals surface area contributed by atoms with Crippen molar-refractivity contribution in [3.63, 3.8) is 0 Å². The van der Waals surface area contributed by atoms with Gasteiger partial charge in [0.2, 0.25) is 0 Å². The van der Waals surface area contributed by atoms with Crippen LogP contribution < -0.4 is 14.2 Å². The zero-order chi connectivity index (χ0) is 34.2. The number of aromatic hydroxyl groups is 1. The molecule has 1 aliphatic carbocycles. The number of ether oxygens (including phenoxy) is 5. The lowest BCUT2D eigenvalue weighted by atomic mass is 10.1. The molecule has 2 fully saturated rings. The number of rotatable bonds is 5. The zero-order valence-corrected chi connectivity index (χ0v) is 27.4. The van der Waals surface area contributed by atoms with Crippen molar-refractivity contribution in [2.75, 3.05) is 40.9 Å². The third-order valence-electron chi connectivity index (χ3n) is 8.29. The fourth-order valence-corrected chi connectivity index (χ4v) is 5.60. The van der Waals surface area contributed by atoms with Crippen LogP contribution in [0.25, 0.3) is 0 Å². The van der Waals surface area contributed by atoms with E-state index in [1.807, 2.05) is 30.3 Å². The first-order valence-corrected chi connectivity index (χ1v) is 15.9. The molecule has 0 aromatic heterocycles. The van der Waals surface area contributed by atoms with Crippen molar-refractivity contribution in [1.82, 2.24) is 9.80 Å². The van der Waals surface area contributed by atoms with E-state index in [1.54, 1.807) is 41.5 Å². The second kappa shape index (κ2) is 15.6. The van der Waals surface area contributed by atoms with Gasteiger partial charge >= 0.3 is 0 Å². The summed E-state index contributed by atoms with van der Waals surface area (Å²) < 4.78 is 26.9. The molecular weight excluding hydrogens is 628 g/mol. The van der Waals surface area contributed by atoms with Crippen molar-refractivity contribution in [3.8, 4) is 23.0 Å². The molecule has 8 rings (SSSR count). The lowest BCUT2D eigenvalue weighted by Gasteiger charge is -2.18. The lowest BCUT2D eigenvalue weighted by molar-refractivity contribution is 0.0675. The molecule has 254 valence electrons. The molecular formula is C37H38N4O8. The van der Waals surface area contributed by atoms with E-state index < -0.39 is 0 Å². The topological polar surface area (TPSA) is 132 Å². The molecule has 3 aromatic carbocycles. The number of phenols is 1. The summed E-state index contributed by atoms with van der Waals surface area (Å²) in [5.41, 5.74) is 3.00. The second-order valence-electron chi connectivity index (χ2n) is 11.5. The maximum Gasteiger partial charge on any atom is 0.258 e. The summed E-state index contributed by atoms with van der Waals surface area (Å²) in [7, 11) is 3.00. The Balaban J connectivity index is 0.000000151. The van der Waals surface area contributed by atoms with Gasteiger partial charge in [-0.2, -0.15) is 0 Å². The Labute approximate surface area is 284 Å². The largest absolute Gasteiger partial charge is 0.504 e. The van der Waals surface area contributed by atoms with Crippen LogP contribution in [-0.2, 0) is 16.1 Å². The predicted molar refractivity (Wildman–Crippen MR) is 184 cm³/mol. The van der Waals surface area contributed by atoms with Gasteiger partial charge in [-0.15, -0.1) is 0 Å². The number of nitrogens with zero attached hydrogens (tertiary/aromatic N) is 4. The Morgan fingerprint density at radius 3 is 1.80 bits per heavy atom. The van der Waals surface area contributed by atoms with Gasteiger partial charge in [-0.1, -0.05) is 54.6 Å². The monoisotopic (exact) mass is 666 g/mol. The Bertz CT molecular complexity index is 1770. The van der Waals surface area contributed by atoms with Gasteiger partial charge in [-0.05, 0) is 30.5 Å². The Hall–Kier alpha value is -5.46. The van der Waals surface area contributed by atoms with Crippen LogP contribution in [0.1, 0.15) is 39.1 Å². The number of hydrogen-bond donors (Lipinski definition) is 1. The van der Waals surface area contributed by atoms with Crippen molar-refractivity contribution in [1.29, 1.82) is 0 Å². The van der Waals surface area contributed by atoms with E-state index in [4.69, 9.17) is 23.7 Å². The van der Waals surface area contributed by atoms with Crippen molar-refractivity contribution >= 4 is 35.6 Å². The van der Waals surface area contributed by atoms with Crippen LogP contribution in [0.3, 0.4) is 0 Å². The van der Waals surface area contributed by atoms with Gasteiger partial charge in [-0.25, -0.2) is 0 Å². The first kappa shape index (κ1) is 33.4. The van der Waals surface area contributed by atoms with Crippen LogP contribution >= 0.6 is 0 Å². The highest BCUT2D eigenvalue weighted by Crippen LogP contribution is 2.38. The molecule has 12 nitrogen and oxygen atoms in total. The van der Waals surface area contributed by atoms with Gasteiger partial charge in [0, 0.05) is 24.6 Å². The molecule has 0 saturated carbocycles. The molecule has 2 saturated heterocycles. The van der Waals surface area contributed by atoms with Crippen molar-refractivity contribution < 1.29 is 38.4 Å². The van der Waals surface area contributed by atoms with E-state index in [9.17, 15) is 14.7 Å². The minimum absolute atomic E-state index is 0.0282. The minimum Gasteiger partial charge on any atom is -0.504 e. The average Bonchev–Trinajstić information content (AvgIpc) is 3.78. The zero-order valence-electron chi connectivity index (χ0n) is 27.4. The molecule has 2 atom stereocenters. The number of phenolic OH excluding ortho intramolecular Hbond substituents is 1. The van der Waals surface area contributed by atoms with Crippen molar-refractivity contribution in [2.45, 2.75) is 31.5 Å². The number of carbonyl (C=O) groups is 2. The lowest BCUT2D eigenvalue weighted by Crippen LogP contribution is -2.36. The normalized spacial score (nSPS) is 19.6. The average molecular weight is 667 g/mol. The number of hydrogen-bond acceptors (Lipinski definition) is 10. The van der Waals surface area contributed by atoms with E-state index in [0.29, 0.717) is 53.8 Å². The smallest absolute Gasteiger partial charge is 0.258 e. The molecule has 3 aromatic rings. The summed E-state index contributed by atoms with van der Waals surface area (Å²) in [5, 5.41) is 9.70. The van der Waals surface area contributed by atoms with Crippen LogP contribution in [0.5, 0.6) is 23.0 Å². The van der Waals surface area contributed by atoms with Gasteiger partial charge in [0.05, 0.1) is 62.0 Å². The molecule has 0 unspecified atom stereocenters. The third-order valence-corrected chi connectivity index (χ3v) is 8.29. The molecule has 4 aliphatic heterocycles. The highest BCUT2D eigenvalue weighted by Gasteiger charge is 2.34. The van der Waals surface area contributed by atoms with Crippen LogP contribution in [0.4, 0.5) is 11.4 Å². The predicted octanol–water partition coefficient (Wildman–Crippen LogP) is 5.60. The molecule has 5 aliphatic rings. The molecule has 49 heavy (non-hydrogen) atoms. The van der Waals surface area contributed by atoms with E-state index >= 15 is 0 Å². The van der Waals surface area contributed by atoms with E-state index in [0.717, 1.165) is 18.4 Å². The standard InChI is InChI=1S/C19H18N2O4.C12H12N2O4.C6H8/c1-23-17-7-15-16(20-9-14-11-24-12-21(14)19(15)22)8-18(17)25-10-13-5-3-2-4-6-13;1-17-11-2-8-9(3-10(11)15)13-4-7-5-18-6-14(7)12(8)16;1-2-4-6-5-3-1/h2-9,14H,10-12H2,1H3;2-4,7,15H,5-6H2,1H3;1-2,5-6H,3-4H2/t14-;7-;/m11./s1. The van der Waals surface area contributed by atoms with Crippen LogP contribution in [0.15, 0.2) is 88.9 Å². The molecule has 12 heteroatoms. The molecule has 1 N–H and O–H groups in total. The first-order chi connectivity index (χ1) is 24.0. The SMILES string of the molecule is C1=CCC=CC1.COc1cc2c(cc1O)N=C[C@@H]1COCN1C2=O.COc1cc2c(cc1OCc1ccccc1)N=C[C@@H]1COCN1C2=O. The summed E-state index contributed by atoms with van der Waals surface area (Å²) in [6, 6.07) is 16.0. The summed E-state index contributed by atoms with van der Waals surface area (Å²) in [4.78, 5) is 37.0. The first-order valence-electron chi connectivity index (χ1n) is 15.9. The minimum atomic E-state index is -0.164. The summed E-state index contributed by atoms with van der Waals surface area (Å²) in [6.07, 6.45) is 14.4. The number of aliphatic imine (C=N–C) groups is 2. The summed E-state index contributed by atoms with van der Waals surface area (Å²) >= 11 is 0. The van der Waals surface area contributed by atoms with Gasteiger partial charge in [-0.3, -0.25) is 19.6 Å². The molecule has 0 radical (unpaired) electrons. The fourth-order valence-electron chi connectivity index (χ4n) is 5.60. The maximum atomic E-state index is 12.7. The number of fused-ring (bicyclic) bond motifs is 4. The van der Waals surface area contributed by atoms with Crippen LogP contribution in [0.2, 0.25) is 0 Å². The van der Waals surface area contributed by atoms with Gasteiger partial charge in [0.1, 0.15) is 20.1 Å². The fraction of sp³-hybridized carbons (Fsp3) is 0.297. The molecule has 0 spiro atoms. The Morgan fingerprint density at radius 2 is 1.27 bits per heavy atom. The Morgan fingerprint density at radius 1 is 0.735 bits per heavy atom. The Kier molecular flexibility index (Phi) is 10.7. The number of carbonyl (C=O) groups excluding carboxylic acids is 2. The highest BCUT2D eigenvalue weighted by atomic mass is 16.5. The van der Waals surface area contributed by atoms with Gasteiger partial charge in [0.25, 0.3) is 11.8 Å².